The topological polar surface area (TPSA) is 111 Å². The Morgan fingerprint density at radius 3 is 2.77 bits per heavy atom. The van der Waals surface area contributed by atoms with Crippen molar-refractivity contribution in [1.82, 2.24) is 20.6 Å². The van der Waals surface area contributed by atoms with Crippen LogP contribution in [0, 0.1) is 23.1 Å². The number of rotatable bonds is 7. The molecule has 2 aromatic heterocycles. The first-order valence-electron chi connectivity index (χ1n) is 9.73. The molecule has 1 aliphatic rings. The second-order valence-electron chi connectivity index (χ2n) is 7.45. The van der Waals surface area contributed by atoms with Gasteiger partial charge in [0.05, 0.1) is 11.6 Å². The summed E-state index contributed by atoms with van der Waals surface area (Å²) in [7, 11) is 0. The van der Waals surface area contributed by atoms with Gasteiger partial charge in [0.2, 0.25) is 5.91 Å². The van der Waals surface area contributed by atoms with Crippen molar-refractivity contribution in [2.75, 3.05) is 0 Å². The number of aromatic nitrogens is 2. The molecular formula is C22H20FN5O2. The average molecular weight is 405 g/mol. The Morgan fingerprint density at radius 2 is 2.10 bits per heavy atom. The molecule has 2 amide bonds. The summed E-state index contributed by atoms with van der Waals surface area (Å²) in [6, 6.07) is 9.90. The minimum absolute atomic E-state index is 0.174. The van der Waals surface area contributed by atoms with Gasteiger partial charge in [-0.25, -0.2) is 4.39 Å². The number of carbonyl (C=O) groups excluding carboxylic acids is 2. The summed E-state index contributed by atoms with van der Waals surface area (Å²) in [5, 5.41) is 15.4. The van der Waals surface area contributed by atoms with E-state index in [1.54, 1.807) is 36.5 Å². The predicted molar refractivity (Wildman–Crippen MR) is 108 cm³/mol. The van der Waals surface area contributed by atoms with E-state index in [2.05, 4.69) is 20.6 Å². The van der Waals surface area contributed by atoms with Crippen LogP contribution in [-0.2, 0) is 4.79 Å². The number of halogens is 1. The first-order valence-corrected chi connectivity index (χ1v) is 9.73. The summed E-state index contributed by atoms with van der Waals surface area (Å²) in [5.74, 6) is -1.03. The molecule has 8 heteroatoms. The maximum atomic E-state index is 13.9. The van der Waals surface area contributed by atoms with Gasteiger partial charge in [-0.15, -0.1) is 0 Å². The van der Waals surface area contributed by atoms with Crippen molar-refractivity contribution in [3.63, 3.8) is 0 Å². The van der Waals surface area contributed by atoms with Gasteiger partial charge in [0.25, 0.3) is 5.91 Å². The molecule has 0 bridgehead atoms. The number of fused-ring (bicyclic) bond motifs is 1. The molecule has 2 heterocycles. The number of nitrogens with zero attached hydrogens (tertiary/aromatic N) is 2. The fourth-order valence-corrected chi connectivity index (χ4v) is 3.38. The molecule has 2 atom stereocenters. The molecule has 30 heavy (non-hydrogen) atoms. The van der Waals surface area contributed by atoms with E-state index in [-0.39, 0.29) is 11.2 Å². The summed E-state index contributed by atoms with van der Waals surface area (Å²) < 4.78 is 13.9. The monoisotopic (exact) mass is 405 g/mol. The molecule has 3 N–H and O–H groups in total. The summed E-state index contributed by atoms with van der Waals surface area (Å²) in [5.41, 5.74) is 0.982. The van der Waals surface area contributed by atoms with Gasteiger partial charge in [0, 0.05) is 23.3 Å². The molecule has 152 valence electrons. The lowest BCUT2D eigenvalue weighted by Crippen LogP contribution is -2.47. The maximum Gasteiger partial charge on any atom is 0.268 e. The number of hydrogen-bond donors (Lipinski definition) is 3. The van der Waals surface area contributed by atoms with Crippen molar-refractivity contribution >= 4 is 22.7 Å². The Kier molecular flexibility index (Phi) is 5.44. The van der Waals surface area contributed by atoms with Crippen molar-refractivity contribution in [3.05, 3.63) is 65.9 Å². The molecular weight excluding hydrogens is 385 g/mol. The number of amides is 2. The lowest BCUT2D eigenvalue weighted by atomic mass is 10.1. The van der Waals surface area contributed by atoms with Gasteiger partial charge in [-0.05, 0) is 30.5 Å². The molecule has 0 spiro atoms. The number of para-hydroxylation sites is 1. The zero-order chi connectivity index (χ0) is 21.1. The normalized spacial score (nSPS) is 15.2. The van der Waals surface area contributed by atoms with E-state index in [0.717, 1.165) is 12.8 Å². The number of carbonyl (C=O) groups is 2. The molecule has 4 rings (SSSR count). The Labute approximate surface area is 172 Å². The van der Waals surface area contributed by atoms with Gasteiger partial charge in [-0.1, -0.05) is 31.0 Å². The van der Waals surface area contributed by atoms with Gasteiger partial charge in [0.1, 0.15) is 23.6 Å². The van der Waals surface area contributed by atoms with Crippen LogP contribution in [0.15, 0.2) is 48.8 Å². The fraction of sp³-hybridized carbons (Fsp3) is 0.273. The molecule has 7 nitrogen and oxygen atoms in total. The third kappa shape index (κ3) is 4.30. The van der Waals surface area contributed by atoms with Crippen LogP contribution in [-0.4, -0.2) is 27.8 Å². The summed E-state index contributed by atoms with van der Waals surface area (Å²) in [6.07, 6.45) is 5.58. The number of H-pyrrole nitrogens is 1. The van der Waals surface area contributed by atoms with E-state index in [1.807, 2.05) is 6.07 Å². The number of benzene rings is 1. The maximum absolute atomic E-state index is 13.9. The first-order chi connectivity index (χ1) is 14.5. The van der Waals surface area contributed by atoms with E-state index in [4.69, 9.17) is 0 Å². The van der Waals surface area contributed by atoms with Crippen LogP contribution in [0.2, 0.25) is 0 Å². The van der Waals surface area contributed by atoms with Crippen molar-refractivity contribution in [2.24, 2.45) is 5.92 Å². The second-order valence-corrected chi connectivity index (χ2v) is 7.45. The third-order valence-electron chi connectivity index (χ3n) is 5.17. The van der Waals surface area contributed by atoms with Crippen molar-refractivity contribution in [1.29, 1.82) is 5.26 Å². The van der Waals surface area contributed by atoms with Gasteiger partial charge in [-0.3, -0.25) is 14.6 Å². The van der Waals surface area contributed by atoms with E-state index in [1.165, 1.54) is 12.3 Å². The highest BCUT2D eigenvalue weighted by atomic mass is 19.1. The molecule has 1 saturated carbocycles. The number of nitriles is 1. The van der Waals surface area contributed by atoms with E-state index >= 15 is 0 Å². The van der Waals surface area contributed by atoms with Gasteiger partial charge < -0.3 is 15.6 Å². The SMILES string of the molecule is N#CC(NC(=O)C(CC1CC1)NC(=O)c1cc2cccc(F)c2[nH]1)c1cccnc1. The molecule has 1 aliphatic carbocycles. The van der Waals surface area contributed by atoms with Crippen LogP contribution >= 0.6 is 0 Å². The van der Waals surface area contributed by atoms with Crippen LogP contribution in [0.3, 0.4) is 0 Å². The quantitative estimate of drug-likeness (QED) is 0.561. The molecule has 0 saturated heterocycles. The van der Waals surface area contributed by atoms with Crippen LogP contribution in [0.4, 0.5) is 4.39 Å². The van der Waals surface area contributed by atoms with E-state index in [9.17, 15) is 19.2 Å². The number of hydrogen-bond acceptors (Lipinski definition) is 4. The minimum Gasteiger partial charge on any atom is -0.348 e. The Hall–Kier alpha value is -3.73. The van der Waals surface area contributed by atoms with Gasteiger partial charge in [-0.2, -0.15) is 5.26 Å². The average Bonchev–Trinajstić information content (AvgIpc) is 3.46. The zero-order valence-electron chi connectivity index (χ0n) is 16.1. The fourth-order valence-electron chi connectivity index (χ4n) is 3.38. The van der Waals surface area contributed by atoms with Crippen molar-refractivity contribution in [2.45, 2.75) is 31.3 Å². The van der Waals surface area contributed by atoms with E-state index in [0.29, 0.717) is 23.3 Å². The summed E-state index contributed by atoms with van der Waals surface area (Å²) in [4.78, 5) is 32.4. The molecule has 1 fully saturated rings. The standard InChI is InChI=1S/C22H20FN5O2/c23-16-5-1-3-14-10-18(26-20(14)16)22(30)27-17(9-13-6-7-13)21(29)28-19(11-24)15-4-2-8-25-12-15/h1-5,8,10,12-13,17,19,26H,6-7,9H2,(H,27,30)(H,28,29). The highest BCUT2D eigenvalue weighted by molar-refractivity contribution is 6.00. The van der Waals surface area contributed by atoms with Gasteiger partial charge >= 0.3 is 0 Å². The lowest BCUT2D eigenvalue weighted by Gasteiger charge is -2.20. The van der Waals surface area contributed by atoms with Crippen LogP contribution in [0.5, 0.6) is 0 Å². The minimum atomic E-state index is -0.869. The van der Waals surface area contributed by atoms with Crippen molar-refractivity contribution in [3.8, 4) is 6.07 Å². The Bertz CT molecular complexity index is 1120. The smallest absolute Gasteiger partial charge is 0.268 e. The van der Waals surface area contributed by atoms with Crippen molar-refractivity contribution < 1.29 is 14.0 Å². The Morgan fingerprint density at radius 1 is 1.27 bits per heavy atom. The molecule has 1 aromatic carbocycles. The highest BCUT2D eigenvalue weighted by Gasteiger charge is 2.32. The first kappa shape index (κ1) is 19.6. The third-order valence-corrected chi connectivity index (χ3v) is 5.17. The molecule has 3 aromatic rings. The second kappa shape index (κ2) is 8.33. The summed E-state index contributed by atoms with van der Waals surface area (Å²) >= 11 is 0. The van der Waals surface area contributed by atoms with Crippen LogP contribution in [0.1, 0.15) is 41.4 Å². The number of nitrogens with one attached hydrogen (secondary N) is 3. The number of aromatic amines is 1. The molecule has 0 radical (unpaired) electrons. The van der Waals surface area contributed by atoms with Crippen LogP contribution in [0.25, 0.3) is 10.9 Å². The molecule has 0 aliphatic heterocycles. The van der Waals surface area contributed by atoms with Gasteiger partial charge in [0.15, 0.2) is 0 Å². The highest BCUT2D eigenvalue weighted by Crippen LogP contribution is 2.33. The lowest BCUT2D eigenvalue weighted by molar-refractivity contribution is -0.123. The molecule has 2 unspecified atom stereocenters. The zero-order valence-corrected chi connectivity index (χ0v) is 16.1. The Balaban J connectivity index is 1.50. The van der Waals surface area contributed by atoms with E-state index < -0.39 is 29.7 Å². The largest absolute Gasteiger partial charge is 0.348 e. The van der Waals surface area contributed by atoms with Crippen LogP contribution < -0.4 is 10.6 Å². The predicted octanol–water partition coefficient (Wildman–Crippen LogP) is 2.98. The summed E-state index contributed by atoms with van der Waals surface area (Å²) in [6.45, 7) is 0. The number of pyridine rings is 1.